The van der Waals surface area contributed by atoms with Crippen molar-refractivity contribution < 1.29 is 47.6 Å². The quantitative estimate of drug-likeness (QED) is 0.333. The lowest BCUT2D eigenvalue weighted by molar-refractivity contribution is -0.176. The molecule has 1 saturated heterocycles. The molecule has 14 heteroatoms. The molecule has 2 rings (SSSR count). The Kier molecular flexibility index (Phi) is 8.37. The van der Waals surface area contributed by atoms with Crippen molar-refractivity contribution in [2.45, 2.75) is 43.6 Å². The van der Waals surface area contributed by atoms with E-state index >= 15 is 0 Å². The number of nitrogens with zero attached hydrogens (tertiary/aromatic N) is 2. The molecule has 12 nitrogen and oxygen atoms in total. The van der Waals surface area contributed by atoms with E-state index in [4.69, 9.17) is 14.6 Å². The van der Waals surface area contributed by atoms with Crippen LogP contribution in [0.5, 0.6) is 0 Å². The van der Waals surface area contributed by atoms with E-state index in [0.29, 0.717) is 4.57 Å². The number of carboxylic acids is 1. The molecule has 176 valence electrons. The number of rotatable bonds is 10. The topological polar surface area (TPSA) is 166 Å². The number of aliphatic hydroxyl groups excluding tert-OH is 1. The van der Waals surface area contributed by atoms with Gasteiger partial charge < -0.3 is 24.4 Å². The van der Waals surface area contributed by atoms with Gasteiger partial charge in [0.2, 0.25) is 6.23 Å². The minimum Gasteiger partial charge on any atom is -0.481 e. The normalized spacial score (nSPS) is 21.5. The first kappa shape index (κ1) is 24.9. The number of carbonyl (C=O) groups is 3. The van der Waals surface area contributed by atoms with Crippen LogP contribution in [0.4, 0.5) is 19.4 Å². The average molecular weight is 461 g/mol. The summed E-state index contributed by atoms with van der Waals surface area (Å²) in [6, 6.07) is 1.04. The molecule has 0 aliphatic carbocycles. The third kappa shape index (κ3) is 6.07. The molecule has 32 heavy (non-hydrogen) atoms. The number of hydrogen-bond acceptors (Lipinski definition) is 9. The summed E-state index contributed by atoms with van der Waals surface area (Å²) >= 11 is 0. The average Bonchev–Trinajstić information content (AvgIpc) is 2.96. The molecule has 3 N–H and O–H groups in total. The lowest BCUT2D eigenvalue weighted by Crippen LogP contribution is -2.44. The van der Waals surface area contributed by atoms with Gasteiger partial charge >= 0.3 is 29.6 Å². The molecule has 0 unspecified atom stereocenters. The highest BCUT2D eigenvalue weighted by molar-refractivity contribution is 5.83. The molecule has 1 aromatic heterocycles. The summed E-state index contributed by atoms with van der Waals surface area (Å²) in [4.78, 5) is 49.5. The molecule has 0 aromatic carbocycles. The van der Waals surface area contributed by atoms with Crippen LogP contribution in [-0.4, -0.2) is 69.1 Å². The summed E-state index contributed by atoms with van der Waals surface area (Å²) in [6.07, 6.45) is -5.85. The minimum atomic E-state index is -3.95. The third-order valence-corrected chi connectivity index (χ3v) is 4.20. The van der Waals surface area contributed by atoms with Gasteiger partial charge in [0.25, 0.3) is 0 Å². The van der Waals surface area contributed by atoms with E-state index in [9.17, 15) is 33.1 Å². The molecule has 2 heterocycles. The lowest BCUT2D eigenvalue weighted by Gasteiger charge is -2.24. The highest BCUT2D eigenvalue weighted by atomic mass is 19.3. The number of aromatic nitrogens is 2. The molecular formula is C18H21F2N3O9. The summed E-state index contributed by atoms with van der Waals surface area (Å²) in [6.45, 7) is 2.29. The summed E-state index contributed by atoms with van der Waals surface area (Å²) in [7, 11) is 0. The van der Waals surface area contributed by atoms with Gasteiger partial charge in [-0.25, -0.2) is 9.59 Å². The van der Waals surface area contributed by atoms with E-state index in [0.717, 1.165) is 12.3 Å². The Balaban J connectivity index is 2.15. The van der Waals surface area contributed by atoms with Crippen LogP contribution in [0.2, 0.25) is 0 Å². The van der Waals surface area contributed by atoms with Gasteiger partial charge in [0.15, 0.2) is 6.10 Å². The smallest absolute Gasteiger partial charge is 0.413 e. The van der Waals surface area contributed by atoms with Gasteiger partial charge in [-0.3, -0.25) is 19.5 Å². The van der Waals surface area contributed by atoms with Crippen molar-refractivity contribution >= 4 is 23.8 Å². The number of aliphatic hydroxyl groups is 1. The number of halogens is 2. The van der Waals surface area contributed by atoms with Crippen molar-refractivity contribution in [1.82, 2.24) is 9.55 Å². The molecule has 0 saturated carbocycles. The number of amides is 1. The van der Waals surface area contributed by atoms with Crippen molar-refractivity contribution in [2.24, 2.45) is 0 Å². The molecule has 1 aromatic rings. The van der Waals surface area contributed by atoms with Crippen LogP contribution in [0.15, 0.2) is 29.7 Å². The number of esters is 1. The van der Waals surface area contributed by atoms with Crippen molar-refractivity contribution in [1.29, 1.82) is 0 Å². The second-order valence-electron chi connectivity index (χ2n) is 6.56. The fourth-order valence-corrected chi connectivity index (χ4v) is 2.78. The third-order valence-electron chi connectivity index (χ3n) is 4.20. The first-order valence-electron chi connectivity index (χ1n) is 9.29. The summed E-state index contributed by atoms with van der Waals surface area (Å²) in [5.41, 5.74) is -1.22. The van der Waals surface area contributed by atoms with Gasteiger partial charge in [-0.1, -0.05) is 12.7 Å². The summed E-state index contributed by atoms with van der Waals surface area (Å²) < 4.78 is 44.7. The Morgan fingerprint density at radius 3 is 2.69 bits per heavy atom. The number of carboxylic acid groups (broad SMARTS) is 1. The molecule has 3 atom stereocenters. The molecule has 1 amide bonds. The highest BCUT2D eigenvalue weighted by Crippen LogP contribution is 2.44. The maximum absolute atomic E-state index is 14.9. The first-order chi connectivity index (χ1) is 15.1. The maximum atomic E-state index is 14.9. The number of hydrogen-bond donors (Lipinski definition) is 3. The van der Waals surface area contributed by atoms with Crippen LogP contribution in [-0.2, 0) is 23.8 Å². The number of aliphatic carboxylic acids is 1. The Morgan fingerprint density at radius 1 is 1.38 bits per heavy atom. The van der Waals surface area contributed by atoms with Crippen molar-refractivity contribution in [2.75, 3.05) is 18.5 Å². The largest absolute Gasteiger partial charge is 0.481 e. The molecule has 1 aliphatic heterocycles. The fraction of sp³-hybridized carbons (Fsp3) is 0.500. The van der Waals surface area contributed by atoms with E-state index in [1.165, 1.54) is 6.08 Å². The number of nitrogens with one attached hydrogen (secondary N) is 1. The molecule has 1 fully saturated rings. The van der Waals surface area contributed by atoms with Gasteiger partial charge in [-0.05, 0) is 12.5 Å². The van der Waals surface area contributed by atoms with E-state index in [2.05, 4.69) is 21.6 Å². The van der Waals surface area contributed by atoms with E-state index in [-0.39, 0.29) is 25.3 Å². The standard InChI is InChI=1S/C18H21F2N3O9/c1-2-8-30-17(29)22-11-6-7-23(16(28)21-11)15-18(19,20)14(10(9-24)31-15)32-13(27)5-3-4-12(25)26/h2,6-7,10,14-15,24H,1,3-5,8-9H2,(H,25,26)(H,21,22,28,29)/t10-,14-,15-/m1/s1. The summed E-state index contributed by atoms with van der Waals surface area (Å²) in [5.74, 6) is -6.50. The van der Waals surface area contributed by atoms with E-state index in [1.54, 1.807) is 0 Å². The van der Waals surface area contributed by atoms with Gasteiger partial charge in [0, 0.05) is 19.0 Å². The predicted molar refractivity (Wildman–Crippen MR) is 101 cm³/mol. The van der Waals surface area contributed by atoms with Gasteiger partial charge in [-0.2, -0.15) is 13.8 Å². The van der Waals surface area contributed by atoms with Crippen LogP contribution in [0.25, 0.3) is 0 Å². The molecule has 0 bridgehead atoms. The van der Waals surface area contributed by atoms with E-state index in [1.807, 2.05) is 0 Å². The molecule has 0 spiro atoms. The second-order valence-corrected chi connectivity index (χ2v) is 6.56. The van der Waals surface area contributed by atoms with Crippen LogP contribution >= 0.6 is 0 Å². The number of ether oxygens (including phenoxy) is 3. The maximum Gasteiger partial charge on any atom is 0.413 e. The molecular weight excluding hydrogens is 440 g/mol. The van der Waals surface area contributed by atoms with Crippen LogP contribution in [0.1, 0.15) is 25.5 Å². The minimum absolute atomic E-state index is 0.107. The van der Waals surface area contributed by atoms with Crippen molar-refractivity contribution in [3.63, 3.8) is 0 Å². The SMILES string of the molecule is C=CCOC(=O)Nc1ccn([C@@H]2O[C@H](CO)[C@@H](OC(=O)CCCC(=O)O)C2(F)F)c(=O)n1. The fourth-order valence-electron chi connectivity index (χ4n) is 2.78. The zero-order valence-corrected chi connectivity index (χ0v) is 16.6. The number of alkyl halides is 2. The van der Waals surface area contributed by atoms with Gasteiger partial charge in [0.1, 0.15) is 18.5 Å². The number of carbonyl (C=O) groups excluding carboxylic acids is 2. The van der Waals surface area contributed by atoms with Gasteiger partial charge in [-0.15, -0.1) is 0 Å². The van der Waals surface area contributed by atoms with E-state index < -0.39 is 61.1 Å². The van der Waals surface area contributed by atoms with Crippen LogP contribution < -0.4 is 11.0 Å². The zero-order valence-electron chi connectivity index (χ0n) is 16.6. The second kappa shape index (κ2) is 10.8. The Bertz CT molecular complexity index is 921. The first-order valence-corrected chi connectivity index (χ1v) is 9.29. The zero-order chi connectivity index (χ0) is 23.9. The Morgan fingerprint density at radius 2 is 2.09 bits per heavy atom. The Labute approximate surface area is 179 Å². The van der Waals surface area contributed by atoms with Crippen molar-refractivity contribution in [3.05, 3.63) is 35.4 Å². The van der Waals surface area contributed by atoms with Crippen molar-refractivity contribution in [3.8, 4) is 0 Å². The Hall–Kier alpha value is -3.39. The van der Waals surface area contributed by atoms with Crippen LogP contribution in [0, 0.1) is 0 Å². The highest BCUT2D eigenvalue weighted by Gasteiger charge is 2.62. The summed E-state index contributed by atoms with van der Waals surface area (Å²) in [5, 5.41) is 20.1. The lowest BCUT2D eigenvalue weighted by atomic mass is 10.1. The predicted octanol–water partition coefficient (Wildman–Crippen LogP) is 0.669. The molecule has 1 aliphatic rings. The monoisotopic (exact) mass is 461 g/mol. The van der Waals surface area contributed by atoms with Crippen LogP contribution in [0.3, 0.4) is 0 Å². The van der Waals surface area contributed by atoms with Gasteiger partial charge in [0.05, 0.1) is 6.61 Å². The molecule has 0 radical (unpaired) electrons. The number of anilines is 1.